The van der Waals surface area contributed by atoms with Gasteiger partial charge in [0.05, 0.1) is 6.10 Å². The van der Waals surface area contributed by atoms with Crippen molar-refractivity contribution in [2.24, 2.45) is 5.73 Å². The van der Waals surface area contributed by atoms with Crippen LogP contribution in [0.3, 0.4) is 0 Å². The second-order valence-electron chi connectivity index (χ2n) is 3.05. The zero-order valence-corrected chi connectivity index (χ0v) is 7.47. The summed E-state index contributed by atoms with van der Waals surface area (Å²) in [4.78, 5) is 10.6. The molecule has 0 radical (unpaired) electrons. The summed E-state index contributed by atoms with van der Waals surface area (Å²) in [5, 5.41) is 9.63. The molecule has 3 heteroatoms. The third-order valence-corrected chi connectivity index (χ3v) is 1.94. The predicted octanol–water partition coefficient (Wildman–Crippen LogP) is 0.880. The maximum absolute atomic E-state index is 10.6. The molecule has 13 heavy (non-hydrogen) atoms. The summed E-state index contributed by atoms with van der Waals surface area (Å²) in [6, 6.07) is 6.52. The minimum atomic E-state index is -0.776. The zero-order chi connectivity index (χ0) is 9.84. The lowest BCUT2D eigenvalue weighted by molar-refractivity contribution is 0.111. The van der Waals surface area contributed by atoms with Crippen LogP contribution in [0, 0.1) is 0 Å². The van der Waals surface area contributed by atoms with E-state index < -0.39 is 6.10 Å². The van der Waals surface area contributed by atoms with Crippen molar-refractivity contribution >= 4 is 6.29 Å². The third kappa shape index (κ3) is 2.14. The Bertz CT molecular complexity index is 297. The van der Waals surface area contributed by atoms with Crippen molar-refractivity contribution in [1.82, 2.24) is 0 Å². The molecule has 3 N–H and O–H groups in total. The van der Waals surface area contributed by atoms with E-state index in [9.17, 15) is 9.90 Å². The van der Waals surface area contributed by atoms with Crippen LogP contribution in [-0.2, 0) is 0 Å². The van der Waals surface area contributed by atoms with Gasteiger partial charge in [0.25, 0.3) is 0 Å². The van der Waals surface area contributed by atoms with Crippen molar-refractivity contribution in [2.45, 2.75) is 19.1 Å². The Kier molecular flexibility index (Phi) is 3.17. The van der Waals surface area contributed by atoms with Gasteiger partial charge in [0.15, 0.2) is 0 Å². The van der Waals surface area contributed by atoms with Crippen molar-refractivity contribution < 1.29 is 9.90 Å². The van der Waals surface area contributed by atoms with Crippen LogP contribution in [0.5, 0.6) is 0 Å². The van der Waals surface area contributed by atoms with Gasteiger partial charge in [0.1, 0.15) is 6.29 Å². The first-order valence-corrected chi connectivity index (χ1v) is 4.14. The lowest BCUT2D eigenvalue weighted by Gasteiger charge is -2.16. The fraction of sp³-hybridized carbons (Fsp3) is 0.300. The van der Waals surface area contributed by atoms with Gasteiger partial charge < -0.3 is 10.8 Å². The summed E-state index contributed by atoms with van der Waals surface area (Å²) in [7, 11) is 0. The maximum atomic E-state index is 10.6. The number of carbonyl (C=O) groups is 1. The summed E-state index contributed by atoms with van der Waals surface area (Å²) in [6.45, 7) is 1.70. The predicted molar refractivity (Wildman–Crippen MR) is 50.4 cm³/mol. The summed E-state index contributed by atoms with van der Waals surface area (Å²) in [5.74, 6) is 0. The van der Waals surface area contributed by atoms with E-state index in [2.05, 4.69) is 0 Å². The number of benzene rings is 1. The Morgan fingerprint density at radius 1 is 1.46 bits per heavy atom. The molecule has 0 bridgehead atoms. The maximum Gasteiger partial charge on any atom is 0.150 e. The molecule has 2 unspecified atom stereocenters. The van der Waals surface area contributed by atoms with E-state index in [0.29, 0.717) is 11.1 Å². The lowest BCUT2D eigenvalue weighted by atomic mass is 9.99. The zero-order valence-electron chi connectivity index (χ0n) is 7.47. The normalized spacial score (nSPS) is 15.0. The van der Waals surface area contributed by atoms with Gasteiger partial charge in [-0.05, 0) is 12.5 Å². The van der Waals surface area contributed by atoms with Gasteiger partial charge in [-0.15, -0.1) is 0 Å². The van der Waals surface area contributed by atoms with Crippen LogP contribution in [0.4, 0.5) is 0 Å². The fourth-order valence-electron chi connectivity index (χ4n) is 1.17. The topological polar surface area (TPSA) is 63.3 Å². The van der Waals surface area contributed by atoms with Gasteiger partial charge in [0.2, 0.25) is 0 Å². The number of hydrogen-bond donors (Lipinski definition) is 2. The highest BCUT2D eigenvalue weighted by Gasteiger charge is 2.14. The standard InChI is InChI=1S/C10H13NO2/c1-7(11)10(13)9-5-3-2-4-8(9)6-12/h2-7,10,13H,11H2,1H3. The van der Waals surface area contributed by atoms with E-state index in [-0.39, 0.29) is 6.04 Å². The molecule has 0 aliphatic heterocycles. The van der Waals surface area contributed by atoms with Crippen LogP contribution in [-0.4, -0.2) is 17.4 Å². The average Bonchev–Trinajstić information content (AvgIpc) is 2.16. The van der Waals surface area contributed by atoms with Crippen LogP contribution in [0.25, 0.3) is 0 Å². The fourth-order valence-corrected chi connectivity index (χ4v) is 1.17. The van der Waals surface area contributed by atoms with Crippen LogP contribution < -0.4 is 5.73 Å². The number of nitrogens with two attached hydrogens (primary N) is 1. The van der Waals surface area contributed by atoms with Gasteiger partial charge >= 0.3 is 0 Å². The van der Waals surface area contributed by atoms with Crippen molar-refractivity contribution in [3.05, 3.63) is 35.4 Å². The molecule has 0 heterocycles. The van der Waals surface area contributed by atoms with Crippen molar-refractivity contribution in [3.8, 4) is 0 Å². The van der Waals surface area contributed by atoms with Crippen molar-refractivity contribution in [2.75, 3.05) is 0 Å². The van der Waals surface area contributed by atoms with Crippen molar-refractivity contribution in [3.63, 3.8) is 0 Å². The Morgan fingerprint density at radius 2 is 2.08 bits per heavy atom. The van der Waals surface area contributed by atoms with Crippen LogP contribution in [0.1, 0.15) is 28.9 Å². The lowest BCUT2D eigenvalue weighted by Crippen LogP contribution is -2.25. The first kappa shape index (κ1) is 9.89. The molecule has 1 aromatic carbocycles. The smallest absolute Gasteiger partial charge is 0.150 e. The Morgan fingerprint density at radius 3 is 2.62 bits per heavy atom. The molecule has 0 aromatic heterocycles. The minimum Gasteiger partial charge on any atom is -0.387 e. The molecule has 0 amide bonds. The Balaban J connectivity index is 3.05. The molecule has 2 atom stereocenters. The second kappa shape index (κ2) is 4.16. The van der Waals surface area contributed by atoms with E-state index in [1.54, 1.807) is 31.2 Å². The molecule has 0 saturated heterocycles. The summed E-state index contributed by atoms with van der Waals surface area (Å²) in [6.07, 6.45) is -0.0533. The average molecular weight is 179 g/mol. The molecule has 0 saturated carbocycles. The van der Waals surface area contributed by atoms with E-state index in [1.165, 1.54) is 0 Å². The quantitative estimate of drug-likeness (QED) is 0.677. The number of carbonyl (C=O) groups excluding carboxylic acids is 1. The van der Waals surface area contributed by atoms with Gasteiger partial charge in [-0.25, -0.2) is 0 Å². The molecule has 0 aliphatic rings. The van der Waals surface area contributed by atoms with E-state index >= 15 is 0 Å². The number of aldehydes is 1. The van der Waals surface area contributed by atoms with Crippen LogP contribution in [0.15, 0.2) is 24.3 Å². The molecule has 1 aromatic rings. The van der Waals surface area contributed by atoms with Gasteiger partial charge in [-0.1, -0.05) is 24.3 Å². The van der Waals surface area contributed by atoms with Crippen LogP contribution >= 0.6 is 0 Å². The highest BCUT2D eigenvalue weighted by Crippen LogP contribution is 2.18. The molecule has 0 aliphatic carbocycles. The van der Waals surface area contributed by atoms with Gasteiger partial charge in [0, 0.05) is 11.6 Å². The molecular formula is C10H13NO2. The molecule has 1 rings (SSSR count). The molecular weight excluding hydrogens is 166 g/mol. The second-order valence-corrected chi connectivity index (χ2v) is 3.05. The van der Waals surface area contributed by atoms with E-state index in [1.807, 2.05) is 0 Å². The number of rotatable bonds is 3. The van der Waals surface area contributed by atoms with Gasteiger partial charge in [-0.2, -0.15) is 0 Å². The van der Waals surface area contributed by atoms with Crippen molar-refractivity contribution in [1.29, 1.82) is 0 Å². The number of aliphatic hydroxyl groups is 1. The third-order valence-electron chi connectivity index (χ3n) is 1.94. The highest BCUT2D eigenvalue weighted by atomic mass is 16.3. The molecule has 0 fully saturated rings. The first-order valence-electron chi connectivity index (χ1n) is 4.14. The molecule has 3 nitrogen and oxygen atoms in total. The SMILES string of the molecule is CC(N)C(O)c1ccccc1C=O. The molecule has 70 valence electrons. The first-order chi connectivity index (χ1) is 6.16. The summed E-state index contributed by atoms with van der Waals surface area (Å²) >= 11 is 0. The van der Waals surface area contributed by atoms with Crippen LogP contribution in [0.2, 0.25) is 0 Å². The summed E-state index contributed by atoms with van der Waals surface area (Å²) < 4.78 is 0. The Labute approximate surface area is 77.2 Å². The number of hydrogen-bond acceptors (Lipinski definition) is 3. The minimum absolute atomic E-state index is 0.374. The van der Waals surface area contributed by atoms with E-state index in [4.69, 9.17) is 5.73 Å². The largest absolute Gasteiger partial charge is 0.387 e. The highest BCUT2D eigenvalue weighted by molar-refractivity contribution is 5.77. The molecule has 0 spiro atoms. The van der Waals surface area contributed by atoms with E-state index in [0.717, 1.165) is 6.29 Å². The monoisotopic (exact) mass is 179 g/mol. The van der Waals surface area contributed by atoms with Gasteiger partial charge in [-0.3, -0.25) is 4.79 Å². The Hall–Kier alpha value is -1.19. The summed E-state index contributed by atoms with van der Waals surface area (Å²) in [5.41, 5.74) is 6.61. The number of aliphatic hydroxyl groups excluding tert-OH is 1.